The van der Waals surface area contributed by atoms with E-state index in [1.807, 2.05) is 0 Å². The van der Waals surface area contributed by atoms with Gasteiger partial charge in [0.2, 0.25) is 5.91 Å². The van der Waals surface area contributed by atoms with Gasteiger partial charge in [-0.05, 0) is 33.7 Å². The Balaban J connectivity index is 2.68. The maximum Gasteiger partial charge on any atom is 0.417 e. The van der Waals surface area contributed by atoms with Gasteiger partial charge >= 0.3 is 18.4 Å². The molecular formula is C15H23F6N3O3. The zero-order chi connectivity index (χ0) is 21.0. The van der Waals surface area contributed by atoms with Crippen molar-refractivity contribution in [2.45, 2.75) is 51.2 Å². The number of nitrogens with zero attached hydrogens (tertiary/aromatic N) is 1. The number of likely N-dealkylation sites (tertiary alicyclic amines) is 1. The Morgan fingerprint density at radius 3 is 2.04 bits per heavy atom. The summed E-state index contributed by atoms with van der Waals surface area (Å²) in [5.74, 6) is -1.56. The summed E-state index contributed by atoms with van der Waals surface area (Å²) >= 11 is 0. The molecule has 1 aliphatic heterocycles. The largest absolute Gasteiger partial charge is 0.443 e. The second kappa shape index (κ2) is 8.63. The first-order valence-electron chi connectivity index (χ1n) is 8.22. The fourth-order valence-electron chi connectivity index (χ4n) is 2.54. The fraction of sp³-hybridized carbons (Fsp3) is 0.867. The van der Waals surface area contributed by atoms with Gasteiger partial charge in [-0.3, -0.25) is 4.79 Å². The molecule has 6 nitrogen and oxygen atoms in total. The molecule has 2 N–H and O–H groups in total. The first kappa shape index (κ1) is 23.5. The minimum Gasteiger partial charge on any atom is -0.443 e. The summed E-state index contributed by atoms with van der Waals surface area (Å²) in [6.07, 6.45) is -9.94. The second-order valence-electron chi connectivity index (χ2n) is 7.19. The van der Waals surface area contributed by atoms with Gasteiger partial charge in [0.05, 0.1) is 25.0 Å². The van der Waals surface area contributed by atoms with Crippen LogP contribution in [-0.4, -0.2) is 67.1 Å². The number of alkyl halides is 6. The zero-order valence-corrected chi connectivity index (χ0v) is 15.1. The molecule has 1 saturated heterocycles. The van der Waals surface area contributed by atoms with E-state index in [9.17, 15) is 35.9 Å². The molecule has 0 saturated carbocycles. The molecular weight excluding hydrogens is 384 g/mol. The van der Waals surface area contributed by atoms with E-state index in [4.69, 9.17) is 4.74 Å². The standard InChI is InChI=1S/C15H23F6N3O3/c1-13(2,3)27-12(26)24-10(6-23-8-15(19,20)21)9(11(24)25)4-5-22-7-14(16,17)18/h9-10,22-23H,4-8H2,1-3H3/t9-,10+/m1/s1. The van der Waals surface area contributed by atoms with Crippen molar-refractivity contribution in [2.24, 2.45) is 5.92 Å². The Bertz CT molecular complexity index is 530. The van der Waals surface area contributed by atoms with Crippen molar-refractivity contribution in [3.63, 3.8) is 0 Å². The van der Waals surface area contributed by atoms with Crippen LogP contribution in [0.4, 0.5) is 31.1 Å². The van der Waals surface area contributed by atoms with Gasteiger partial charge in [0.15, 0.2) is 0 Å². The number of halogens is 6. The molecule has 158 valence electrons. The molecule has 0 aromatic carbocycles. The first-order valence-corrected chi connectivity index (χ1v) is 8.22. The van der Waals surface area contributed by atoms with E-state index in [1.165, 1.54) is 0 Å². The average Bonchev–Trinajstić information content (AvgIpc) is 2.41. The monoisotopic (exact) mass is 407 g/mol. The van der Waals surface area contributed by atoms with Gasteiger partial charge in [0.25, 0.3) is 0 Å². The van der Waals surface area contributed by atoms with Crippen LogP contribution < -0.4 is 10.6 Å². The van der Waals surface area contributed by atoms with Crippen LogP contribution in [0.5, 0.6) is 0 Å². The van der Waals surface area contributed by atoms with Gasteiger partial charge in [-0.2, -0.15) is 26.3 Å². The molecule has 1 fully saturated rings. The highest BCUT2D eigenvalue weighted by Gasteiger charge is 2.51. The fourth-order valence-corrected chi connectivity index (χ4v) is 2.54. The van der Waals surface area contributed by atoms with Gasteiger partial charge in [-0.25, -0.2) is 9.69 Å². The van der Waals surface area contributed by atoms with E-state index in [2.05, 4.69) is 10.6 Å². The number of amides is 2. The van der Waals surface area contributed by atoms with Crippen molar-refractivity contribution in [3.8, 4) is 0 Å². The molecule has 0 aromatic rings. The number of β-lactam (4-membered cyclic amide) rings is 1. The summed E-state index contributed by atoms with van der Waals surface area (Å²) in [4.78, 5) is 25.0. The van der Waals surface area contributed by atoms with Crippen LogP contribution in [0.25, 0.3) is 0 Å². The lowest BCUT2D eigenvalue weighted by atomic mass is 9.84. The van der Waals surface area contributed by atoms with Crippen molar-refractivity contribution in [1.29, 1.82) is 0 Å². The topological polar surface area (TPSA) is 70.7 Å². The quantitative estimate of drug-likeness (QED) is 0.386. The number of imide groups is 1. The Kier molecular flexibility index (Phi) is 7.51. The van der Waals surface area contributed by atoms with Crippen molar-refractivity contribution in [1.82, 2.24) is 15.5 Å². The lowest BCUT2D eigenvalue weighted by Crippen LogP contribution is -2.67. The van der Waals surface area contributed by atoms with E-state index in [1.54, 1.807) is 20.8 Å². The van der Waals surface area contributed by atoms with E-state index in [0.29, 0.717) is 4.90 Å². The predicted molar refractivity (Wildman–Crippen MR) is 82.8 cm³/mol. The molecule has 1 heterocycles. The average molecular weight is 407 g/mol. The maximum atomic E-state index is 12.3. The minimum absolute atomic E-state index is 0.0490. The minimum atomic E-state index is -4.48. The molecule has 0 unspecified atom stereocenters. The summed E-state index contributed by atoms with van der Waals surface area (Å²) in [6.45, 7) is 1.60. The molecule has 1 rings (SSSR count). The molecule has 27 heavy (non-hydrogen) atoms. The second-order valence-corrected chi connectivity index (χ2v) is 7.19. The zero-order valence-electron chi connectivity index (χ0n) is 15.1. The van der Waals surface area contributed by atoms with Gasteiger partial charge in [0, 0.05) is 6.54 Å². The molecule has 2 atom stereocenters. The summed E-state index contributed by atoms with van der Waals surface area (Å²) in [5, 5.41) is 4.23. The van der Waals surface area contributed by atoms with Crippen LogP contribution in [0, 0.1) is 5.92 Å². The Morgan fingerprint density at radius 2 is 1.56 bits per heavy atom. The number of hydrogen-bond acceptors (Lipinski definition) is 5. The summed E-state index contributed by atoms with van der Waals surface area (Å²) < 4.78 is 78.3. The van der Waals surface area contributed by atoms with E-state index >= 15 is 0 Å². The highest BCUT2D eigenvalue weighted by molar-refractivity contribution is 5.99. The van der Waals surface area contributed by atoms with Gasteiger partial charge in [-0.1, -0.05) is 0 Å². The molecule has 2 amide bonds. The van der Waals surface area contributed by atoms with Crippen molar-refractivity contribution >= 4 is 12.0 Å². The summed E-state index contributed by atoms with van der Waals surface area (Å²) in [6, 6.07) is -0.928. The van der Waals surface area contributed by atoms with Crippen LogP contribution in [0.15, 0.2) is 0 Å². The van der Waals surface area contributed by atoms with Crippen molar-refractivity contribution in [2.75, 3.05) is 26.2 Å². The highest BCUT2D eigenvalue weighted by atomic mass is 19.4. The maximum absolute atomic E-state index is 12.3. The lowest BCUT2D eigenvalue weighted by molar-refractivity contribution is -0.154. The molecule has 12 heteroatoms. The molecule has 0 spiro atoms. The lowest BCUT2D eigenvalue weighted by Gasteiger charge is -2.45. The molecule has 0 bridgehead atoms. The van der Waals surface area contributed by atoms with Gasteiger partial charge in [-0.15, -0.1) is 0 Å². The molecule has 0 aliphatic carbocycles. The number of carbonyl (C=O) groups is 2. The third kappa shape index (κ3) is 8.33. The number of nitrogens with one attached hydrogen (secondary N) is 2. The highest BCUT2D eigenvalue weighted by Crippen LogP contribution is 2.31. The summed E-state index contributed by atoms with van der Waals surface area (Å²) in [5.41, 5.74) is -0.916. The first-order chi connectivity index (χ1) is 12.1. The Labute approximate surface area is 152 Å². The predicted octanol–water partition coefficient (Wildman–Crippen LogP) is 2.44. The Morgan fingerprint density at radius 1 is 1.04 bits per heavy atom. The molecule has 1 aliphatic rings. The Hall–Kier alpha value is -1.56. The van der Waals surface area contributed by atoms with Gasteiger partial charge in [0.1, 0.15) is 5.60 Å². The number of ether oxygens (including phenoxy) is 1. The van der Waals surface area contributed by atoms with Gasteiger partial charge < -0.3 is 15.4 Å². The SMILES string of the molecule is CC(C)(C)OC(=O)N1C(=O)[C@H](CCNCC(F)(F)F)[C@@H]1CNCC(F)(F)F. The molecule has 0 aromatic heterocycles. The van der Waals surface area contributed by atoms with E-state index in [-0.39, 0.29) is 19.5 Å². The number of rotatable bonds is 7. The molecule has 0 radical (unpaired) electrons. The van der Waals surface area contributed by atoms with Crippen LogP contribution in [0.2, 0.25) is 0 Å². The van der Waals surface area contributed by atoms with Crippen LogP contribution in [0.3, 0.4) is 0 Å². The van der Waals surface area contributed by atoms with Crippen LogP contribution in [-0.2, 0) is 9.53 Å². The normalized spacial score (nSPS) is 21.2. The third-order valence-electron chi connectivity index (χ3n) is 3.58. The van der Waals surface area contributed by atoms with Crippen molar-refractivity contribution in [3.05, 3.63) is 0 Å². The van der Waals surface area contributed by atoms with E-state index in [0.717, 1.165) is 0 Å². The smallest absolute Gasteiger partial charge is 0.417 e. The summed E-state index contributed by atoms with van der Waals surface area (Å²) in [7, 11) is 0. The van der Waals surface area contributed by atoms with Crippen LogP contribution >= 0.6 is 0 Å². The number of hydrogen-bond donors (Lipinski definition) is 2. The van der Waals surface area contributed by atoms with E-state index < -0.39 is 55.0 Å². The van der Waals surface area contributed by atoms with Crippen molar-refractivity contribution < 1.29 is 40.7 Å². The number of carbonyl (C=O) groups excluding carboxylic acids is 2. The third-order valence-corrected chi connectivity index (χ3v) is 3.58. The van der Waals surface area contributed by atoms with Crippen LogP contribution in [0.1, 0.15) is 27.2 Å².